The van der Waals surface area contributed by atoms with Crippen molar-refractivity contribution in [2.24, 2.45) is 5.92 Å². The fraction of sp³-hybridized carbons (Fsp3) is 0.576. The molecule has 226 valence electrons. The van der Waals surface area contributed by atoms with E-state index in [0.29, 0.717) is 38.4 Å². The van der Waals surface area contributed by atoms with Crippen molar-refractivity contribution >= 4 is 27.7 Å². The van der Waals surface area contributed by atoms with E-state index in [4.69, 9.17) is 0 Å². The molecule has 2 aliphatic heterocycles. The highest BCUT2D eigenvalue weighted by Gasteiger charge is 2.58. The highest BCUT2D eigenvalue weighted by molar-refractivity contribution is 9.10. The zero-order chi connectivity index (χ0) is 29.5. The number of carbonyl (C=O) groups is 2. The van der Waals surface area contributed by atoms with Crippen LogP contribution in [-0.4, -0.2) is 82.8 Å². The van der Waals surface area contributed by atoms with Crippen LogP contribution in [0.1, 0.15) is 56.6 Å². The van der Waals surface area contributed by atoms with Crippen LogP contribution in [-0.2, 0) is 21.5 Å². The first-order chi connectivity index (χ1) is 20.2. The summed E-state index contributed by atoms with van der Waals surface area (Å²) < 4.78 is 15.6. The maximum Gasteiger partial charge on any atom is 0.243 e. The predicted molar refractivity (Wildman–Crippen MR) is 163 cm³/mol. The van der Waals surface area contributed by atoms with Crippen molar-refractivity contribution in [3.8, 4) is 0 Å². The Kier molecular flexibility index (Phi) is 8.48. The Hall–Kier alpha value is -2.33. The summed E-state index contributed by atoms with van der Waals surface area (Å²) in [6.07, 6.45) is 3.62. The van der Waals surface area contributed by atoms with Gasteiger partial charge in [-0.15, -0.1) is 0 Å². The average molecular weight is 642 g/mol. The summed E-state index contributed by atoms with van der Waals surface area (Å²) in [7, 11) is 0. The summed E-state index contributed by atoms with van der Waals surface area (Å²) in [5.74, 6) is 0.135. The minimum Gasteiger partial charge on any atom is -0.390 e. The van der Waals surface area contributed by atoms with Gasteiger partial charge < -0.3 is 20.6 Å². The van der Waals surface area contributed by atoms with Crippen LogP contribution in [0, 0.1) is 5.92 Å². The van der Waals surface area contributed by atoms with E-state index in [1.54, 1.807) is 11.8 Å². The number of likely N-dealkylation sites (tertiary alicyclic amines) is 2. The number of benzene rings is 2. The lowest BCUT2D eigenvalue weighted by atomic mass is 9.93. The number of nitrogens with one attached hydrogen (secondary N) is 2. The van der Waals surface area contributed by atoms with Gasteiger partial charge in [0.05, 0.1) is 12.1 Å². The van der Waals surface area contributed by atoms with Crippen molar-refractivity contribution in [3.05, 3.63) is 70.2 Å². The van der Waals surface area contributed by atoms with Gasteiger partial charge in [-0.2, -0.15) is 0 Å². The van der Waals surface area contributed by atoms with E-state index >= 15 is 0 Å². The van der Waals surface area contributed by atoms with Gasteiger partial charge in [0.2, 0.25) is 11.8 Å². The lowest BCUT2D eigenvalue weighted by Crippen LogP contribution is -2.57. The molecule has 2 saturated heterocycles. The van der Waals surface area contributed by atoms with Crippen LogP contribution >= 0.6 is 15.9 Å². The second-order valence-electron chi connectivity index (χ2n) is 13.0. The van der Waals surface area contributed by atoms with Gasteiger partial charge in [0.1, 0.15) is 17.8 Å². The summed E-state index contributed by atoms with van der Waals surface area (Å²) in [5.41, 5.74) is 1.20. The van der Waals surface area contributed by atoms with Crippen molar-refractivity contribution in [3.63, 3.8) is 0 Å². The number of carbonyl (C=O) groups excluding carboxylic acids is 2. The molecule has 0 radical (unpaired) electrons. The molecule has 0 bridgehead atoms. The quantitative estimate of drug-likeness (QED) is 0.327. The van der Waals surface area contributed by atoms with E-state index in [1.165, 1.54) is 5.56 Å². The Morgan fingerprint density at radius 1 is 1.14 bits per heavy atom. The van der Waals surface area contributed by atoms with Gasteiger partial charge in [0.15, 0.2) is 0 Å². The fourth-order valence-electron chi connectivity index (χ4n) is 6.99. The molecule has 6 rings (SSSR count). The second-order valence-corrected chi connectivity index (χ2v) is 13.9. The third-order valence-corrected chi connectivity index (χ3v) is 10.4. The molecule has 2 saturated carbocycles. The van der Waals surface area contributed by atoms with E-state index in [2.05, 4.69) is 43.6 Å². The molecule has 0 aromatic heterocycles. The van der Waals surface area contributed by atoms with Gasteiger partial charge in [-0.05, 0) is 74.6 Å². The first-order valence-electron chi connectivity index (χ1n) is 15.4. The lowest BCUT2D eigenvalue weighted by molar-refractivity contribution is -0.143. The number of aliphatic hydroxyl groups is 1. The van der Waals surface area contributed by atoms with Gasteiger partial charge in [-0.1, -0.05) is 58.4 Å². The molecule has 2 heterocycles. The number of amides is 2. The Bertz CT molecular complexity index is 1290. The van der Waals surface area contributed by atoms with Crippen molar-refractivity contribution < 1.29 is 19.1 Å². The lowest BCUT2D eigenvalue weighted by Gasteiger charge is -2.34. The van der Waals surface area contributed by atoms with Crippen molar-refractivity contribution in [1.29, 1.82) is 0 Å². The molecule has 1 spiro atoms. The number of rotatable bonds is 12. The normalized spacial score (nSPS) is 27.3. The van der Waals surface area contributed by atoms with Crippen molar-refractivity contribution in [1.82, 2.24) is 20.4 Å². The molecule has 4 aliphatic rings. The minimum absolute atomic E-state index is 0.127. The summed E-state index contributed by atoms with van der Waals surface area (Å²) in [5, 5.41) is 18.1. The molecule has 7 nitrogen and oxygen atoms in total. The Morgan fingerprint density at radius 2 is 1.90 bits per heavy atom. The zero-order valence-corrected chi connectivity index (χ0v) is 25.9. The van der Waals surface area contributed by atoms with Crippen LogP contribution < -0.4 is 10.6 Å². The first kappa shape index (κ1) is 29.7. The van der Waals surface area contributed by atoms with E-state index in [9.17, 15) is 19.1 Å². The van der Waals surface area contributed by atoms with E-state index in [-0.39, 0.29) is 23.8 Å². The van der Waals surface area contributed by atoms with Crippen LogP contribution in [0.15, 0.2) is 59.1 Å². The fourth-order valence-corrected chi connectivity index (χ4v) is 7.39. The van der Waals surface area contributed by atoms with Gasteiger partial charge in [0.25, 0.3) is 0 Å². The molecule has 2 aromatic rings. The van der Waals surface area contributed by atoms with E-state index in [1.807, 2.05) is 42.5 Å². The summed E-state index contributed by atoms with van der Waals surface area (Å²) in [6, 6.07) is 16.8. The molecule has 42 heavy (non-hydrogen) atoms. The van der Waals surface area contributed by atoms with Crippen LogP contribution in [0.5, 0.6) is 0 Å². The van der Waals surface area contributed by atoms with Gasteiger partial charge in [0, 0.05) is 42.6 Å². The van der Waals surface area contributed by atoms with Crippen LogP contribution in [0.25, 0.3) is 0 Å². The number of alkyl halides is 1. The van der Waals surface area contributed by atoms with Crippen LogP contribution in [0.4, 0.5) is 4.39 Å². The second kappa shape index (κ2) is 12.0. The molecular weight excluding hydrogens is 599 g/mol. The molecule has 9 heteroatoms. The monoisotopic (exact) mass is 640 g/mol. The average Bonchev–Trinajstić information content (AvgIpc) is 3.90. The topological polar surface area (TPSA) is 84.9 Å². The Morgan fingerprint density at radius 3 is 2.60 bits per heavy atom. The highest BCUT2D eigenvalue weighted by atomic mass is 79.9. The van der Waals surface area contributed by atoms with Gasteiger partial charge in [-0.25, -0.2) is 4.39 Å². The third kappa shape index (κ3) is 6.16. The standard InChI is InChI=1S/C33H42BrFN4O3/c1-22(39-15-14-33(31(39)42)18-27(35)21-38(33)20-24-10-11-24)30(41)37-28(16-23-6-3-2-4-7-23)29(40)19-36-32(12-13-32)25-8-5-9-26(34)17-25/h2-9,17,22,24,27-29,36,40H,10-16,18-21H2,1H3,(H,37,41)/t22-,27?,28-,29-,33?/m0/s1. The van der Waals surface area contributed by atoms with E-state index < -0.39 is 29.9 Å². The highest BCUT2D eigenvalue weighted by Crippen LogP contribution is 2.46. The smallest absolute Gasteiger partial charge is 0.243 e. The number of hydrogen-bond acceptors (Lipinski definition) is 5. The molecule has 2 aromatic carbocycles. The molecule has 2 unspecified atom stereocenters. The summed E-state index contributed by atoms with van der Waals surface area (Å²) >= 11 is 3.56. The zero-order valence-electron chi connectivity index (χ0n) is 24.3. The minimum atomic E-state index is -1.01. The predicted octanol–water partition coefficient (Wildman–Crippen LogP) is 3.93. The van der Waals surface area contributed by atoms with Crippen LogP contribution in [0.2, 0.25) is 0 Å². The van der Waals surface area contributed by atoms with Crippen molar-refractivity contribution in [2.75, 3.05) is 26.2 Å². The number of hydrogen-bond donors (Lipinski definition) is 3. The molecule has 2 amide bonds. The number of nitrogens with zero attached hydrogens (tertiary/aromatic N) is 2. The largest absolute Gasteiger partial charge is 0.390 e. The van der Waals surface area contributed by atoms with Crippen LogP contribution in [0.3, 0.4) is 0 Å². The van der Waals surface area contributed by atoms with Crippen molar-refractivity contribution in [2.45, 2.75) is 87.3 Å². The molecule has 2 aliphatic carbocycles. The Labute approximate surface area is 256 Å². The molecular formula is C33H42BrFN4O3. The van der Waals surface area contributed by atoms with Gasteiger partial charge in [-0.3, -0.25) is 14.5 Å². The number of halogens is 2. The summed E-state index contributed by atoms with van der Waals surface area (Å²) in [4.78, 5) is 31.2. The number of aliphatic hydroxyl groups excluding tert-OH is 1. The maximum absolute atomic E-state index is 14.6. The Balaban J connectivity index is 1.13. The first-order valence-corrected chi connectivity index (χ1v) is 16.2. The molecule has 5 atom stereocenters. The SMILES string of the molecule is C[C@@H](C(=O)N[C@@H](Cc1ccccc1)[C@@H](O)CNC1(c2cccc(Br)c2)CC1)N1CCC2(CC(F)CN2CC2CC2)C1=O. The molecule has 4 fully saturated rings. The molecule has 3 N–H and O–H groups in total. The van der Waals surface area contributed by atoms with E-state index in [0.717, 1.165) is 42.3 Å². The van der Waals surface area contributed by atoms with Gasteiger partial charge >= 0.3 is 0 Å². The summed E-state index contributed by atoms with van der Waals surface area (Å²) in [6.45, 7) is 3.56. The maximum atomic E-state index is 14.6. The third-order valence-electron chi connectivity index (χ3n) is 9.90.